The van der Waals surface area contributed by atoms with E-state index in [0.29, 0.717) is 11.4 Å². The largest absolute Gasteiger partial charge is 0.397 e. The van der Waals surface area contributed by atoms with Gasteiger partial charge in [-0.2, -0.15) is 0 Å². The lowest BCUT2D eigenvalue weighted by molar-refractivity contribution is 0.628. The Hall–Kier alpha value is -1.90. The Morgan fingerprint density at radius 2 is 1.88 bits per heavy atom. The third kappa shape index (κ3) is 1.76. The molecule has 2 aromatic rings. The van der Waals surface area contributed by atoms with Crippen molar-refractivity contribution in [3.8, 4) is 11.3 Å². The van der Waals surface area contributed by atoms with Gasteiger partial charge in [0.15, 0.2) is 0 Å². The molecule has 0 saturated carbocycles. The molecule has 0 aliphatic rings. The van der Waals surface area contributed by atoms with Crippen LogP contribution in [0.4, 0.5) is 10.1 Å². The van der Waals surface area contributed by atoms with Crippen molar-refractivity contribution in [2.45, 2.75) is 13.8 Å². The van der Waals surface area contributed by atoms with E-state index in [0.717, 1.165) is 16.7 Å². The minimum Gasteiger partial charge on any atom is -0.397 e. The Bertz CT molecular complexity index is 535. The molecule has 82 valence electrons. The van der Waals surface area contributed by atoms with E-state index in [1.54, 1.807) is 12.3 Å². The highest BCUT2D eigenvalue weighted by Gasteiger charge is 2.09. The fraction of sp³-hybridized carbons (Fsp3) is 0.154. The van der Waals surface area contributed by atoms with E-state index in [1.807, 2.05) is 19.9 Å². The fourth-order valence-electron chi connectivity index (χ4n) is 1.63. The number of hydrogen-bond donors (Lipinski definition) is 1. The van der Waals surface area contributed by atoms with Crippen molar-refractivity contribution in [2.24, 2.45) is 0 Å². The maximum absolute atomic E-state index is 13.2. The molecule has 0 aliphatic carbocycles. The molecule has 0 radical (unpaired) electrons. The molecule has 1 aromatic heterocycles. The molecule has 0 aliphatic heterocycles. The Labute approximate surface area is 93.9 Å². The number of hydrogen-bond acceptors (Lipinski definition) is 2. The summed E-state index contributed by atoms with van der Waals surface area (Å²) in [4.78, 5) is 4.22. The van der Waals surface area contributed by atoms with Crippen LogP contribution in [0.5, 0.6) is 0 Å². The number of anilines is 1. The highest BCUT2D eigenvalue weighted by Crippen LogP contribution is 2.28. The summed E-state index contributed by atoms with van der Waals surface area (Å²) in [7, 11) is 0. The van der Waals surface area contributed by atoms with E-state index >= 15 is 0 Å². The molecule has 0 saturated heterocycles. The zero-order valence-corrected chi connectivity index (χ0v) is 9.29. The smallest absolute Gasteiger partial charge is 0.123 e. The lowest BCUT2D eigenvalue weighted by Gasteiger charge is -2.09. The first-order valence-electron chi connectivity index (χ1n) is 5.07. The lowest BCUT2D eigenvalue weighted by atomic mass is 10.0. The van der Waals surface area contributed by atoms with Crippen LogP contribution in [0.2, 0.25) is 0 Å². The van der Waals surface area contributed by atoms with Crippen LogP contribution in [-0.4, -0.2) is 4.98 Å². The Balaban J connectivity index is 2.67. The van der Waals surface area contributed by atoms with Gasteiger partial charge in [-0.05, 0) is 43.2 Å². The second-order valence-corrected chi connectivity index (χ2v) is 3.85. The molecule has 0 fully saturated rings. The van der Waals surface area contributed by atoms with Gasteiger partial charge in [-0.25, -0.2) is 4.39 Å². The molecular weight excluding hydrogens is 203 g/mol. The topological polar surface area (TPSA) is 38.9 Å². The molecule has 0 amide bonds. The summed E-state index contributed by atoms with van der Waals surface area (Å²) in [5.74, 6) is -0.275. The summed E-state index contributed by atoms with van der Waals surface area (Å²) in [5, 5.41) is 0. The Morgan fingerprint density at radius 3 is 2.62 bits per heavy atom. The molecule has 0 bridgehead atoms. The van der Waals surface area contributed by atoms with Crippen molar-refractivity contribution in [2.75, 3.05) is 5.73 Å². The molecule has 1 aromatic carbocycles. The van der Waals surface area contributed by atoms with Crippen LogP contribution in [0, 0.1) is 19.7 Å². The zero-order chi connectivity index (χ0) is 11.7. The first kappa shape index (κ1) is 10.6. The minimum absolute atomic E-state index is 0.275. The van der Waals surface area contributed by atoms with Gasteiger partial charge < -0.3 is 5.73 Å². The van der Waals surface area contributed by atoms with Crippen molar-refractivity contribution in [1.29, 1.82) is 0 Å². The second kappa shape index (κ2) is 3.93. The SMILES string of the molecule is Cc1ccc(F)cc1-c1nccc(C)c1N. The van der Waals surface area contributed by atoms with Gasteiger partial charge in [0, 0.05) is 11.8 Å². The number of rotatable bonds is 1. The van der Waals surface area contributed by atoms with Crippen LogP contribution in [0.15, 0.2) is 30.5 Å². The average Bonchev–Trinajstić information content (AvgIpc) is 2.26. The van der Waals surface area contributed by atoms with Gasteiger partial charge in [-0.3, -0.25) is 4.98 Å². The van der Waals surface area contributed by atoms with Gasteiger partial charge in [-0.15, -0.1) is 0 Å². The van der Waals surface area contributed by atoms with E-state index in [4.69, 9.17) is 5.73 Å². The molecular formula is C13H13FN2. The summed E-state index contributed by atoms with van der Waals surface area (Å²) in [6.45, 7) is 3.83. The normalized spacial score (nSPS) is 10.4. The van der Waals surface area contributed by atoms with E-state index < -0.39 is 0 Å². The van der Waals surface area contributed by atoms with E-state index in [9.17, 15) is 4.39 Å². The summed E-state index contributed by atoms with van der Waals surface area (Å²) >= 11 is 0. The number of aryl methyl sites for hydroxylation is 2. The van der Waals surface area contributed by atoms with Crippen LogP contribution in [-0.2, 0) is 0 Å². The third-order valence-electron chi connectivity index (χ3n) is 2.66. The standard InChI is InChI=1S/C13H13FN2/c1-8-3-4-10(14)7-11(8)13-12(15)9(2)5-6-16-13/h3-7H,15H2,1-2H3. The number of halogens is 1. The van der Waals surface area contributed by atoms with Crippen molar-refractivity contribution < 1.29 is 4.39 Å². The predicted molar refractivity (Wildman–Crippen MR) is 63.5 cm³/mol. The quantitative estimate of drug-likeness (QED) is 0.795. The first-order chi connectivity index (χ1) is 7.59. The number of pyridine rings is 1. The van der Waals surface area contributed by atoms with Gasteiger partial charge in [0.25, 0.3) is 0 Å². The average molecular weight is 216 g/mol. The maximum Gasteiger partial charge on any atom is 0.123 e. The van der Waals surface area contributed by atoms with Crippen molar-refractivity contribution in [1.82, 2.24) is 4.98 Å². The highest BCUT2D eigenvalue weighted by atomic mass is 19.1. The molecule has 16 heavy (non-hydrogen) atoms. The predicted octanol–water partition coefficient (Wildman–Crippen LogP) is 3.09. The van der Waals surface area contributed by atoms with Crippen LogP contribution in [0.3, 0.4) is 0 Å². The molecule has 0 unspecified atom stereocenters. The molecule has 2 rings (SSSR count). The maximum atomic E-state index is 13.2. The molecule has 3 heteroatoms. The summed E-state index contributed by atoms with van der Waals surface area (Å²) in [5.41, 5.74) is 9.87. The molecule has 2 N–H and O–H groups in total. The first-order valence-corrected chi connectivity index (χ1v) is 5.07. The molecule has 0 atom stereocenters. The summed E-state index contributed by atoms with van der Waals surface area (Å²) in [6.07, 6.45) is 1.69. The molecule has 1 heterocycles. The van der Waals surface area contributed by atoms with Gasteiger partial charge >= 0.3 is 0 Å². The molecule has 2 nitrogen and oxygen atoms in total. The van der Waals surface area contributed by atoms with Gasteiger partial charge in [0.05, 0.1) is 11.4 Å². The van der Waals surface area contributed by atoms with Gasteiger partial charge in [0.2, 0.25) is 0 Å². The summed E-state index contributed by atoms with van der Waals surface area (Å²) < 4.78 is 13.2. The number of aromatic nitrogens is 1. The van der Waals surface area contributed by atoms with Crippen molar-refractivity contribution in [3.63, 3.8) is 0 Å². The van der Waals surface area contributed by atoms with Crippen LogP contribution >= 0.6 is 0 Å². The summed E-state index contributed by atoms with van der Waals surface area (Å²) in [6, 6.07) is 6.47. The minimum atomic E-state index is -0.275. The number of nitrogen functional groups attached to an aromatic ring is 1. The fourth-order valence-corrected chi connectivity index (χ4v) is 1.63. The van der Waals surface area contributed by atoms with Gasteiger partial charge in [0.1, 0.15) is 5.82 Å². The highest BCUT2D eigenvalue weighted by molar-refractivity contribution is 5.76. The van der Waals surface area contributed by atoms with E-state index in [1.165, 1.54) is 12.1 Å². The van der Waals surface area contributed by atoms with Gasteiger partial charge in [-0.1, -0.05) is 6.07 Å². The van der Waals surface area contributed by atoms with E-state index in [-0.39, 0.29) is 5.82 Å². The van der Waals surface area contributed by atoms with E-state index in [2.05, 4.69) is 4.98 Å². The number of nitrogens with two attached hydrogens (primary N) is 1. The van der Waals surface area contributed by atoms with Crippen molar-refractivity contribution in [3.05, 3.63) is 47.4 Å². The molecule has 0 spiro atoms. The third-order valence-corrected chi connectivity index (χ3v) is 2.66. The number of nitrogens with zero attached hydrogens (tertiary/aromatic N) is 1. The lowest BCUT2D eigenvalue weighted by Crippen LogP contribution is -1.97. The van der Waals surface area contributed by atoms with Crippen molar-refractivity contribution >= 4 is 5.69 Å². The van der Waals surface area contributed by atoms with Crippen LogP contribution in [0.1, 0.15) is 11.1 Å². The second-order valence-electron chi connectivity index (χ2n) is 3.85. The monoisotopic (exact) mass is 216 g/mol. The zero-order valence-electron chi connectivity index (χ0n) is 9.29. The number of benzene rings is 1. The van der Waals surface area contributed by atoms with Crippen LogP contribution in [0.25, 0.3) is 11.3 Å². The van der Waals surface area contributed by atoms with Crippen LogP contribution < -0.4 is 5.73 Å². The Morgan fingerprint density at radius 1 is 1.12 bits per heavy atom. The Kier molecular flexibility index (Phi) is 2.60.